The van der Waals surface area contributed by atoms with Gasteiger partial charge in [0.15, 0.2) is 6.17 Å². The molecule has 4 amide bonds. The number of carbonyl (C=O) groups excluding carboxylic acids is 4. The van der Waals surface area contributed by atoms with Crippen LogP contribution in [0.4, 0.5) is 5.69 Å². The van der Waals surface area contributed by atoms with Gasteiger partial charge in [0.05, 0.1) is 16.7 Å². The van der Waals surface area contributed by atoms with Gasteiger partial charge >= 0.3 is 0 Å². The summed E-state index contributed by atoms with van der Waals surface area (Å²) in [5.74, 6) is -1.49. The maximum Gasteiger partial charge on any atom is 0.258 e. The molecule has 2 aliphatic rings. The average molecular weight is 557 g/mol. The largest absolute Gasteiger partial charge is 0.373 e. The van der Waals surface area contributed by atoms with Crippen molar-refractivity contribution in [3.8, 4) is 0 Å². The SMILES string of the molecule is CC(=O)N(C)[C@@H](N)C(=O)N[C@H]1CCCN(C(C)=O)[C@H]2CCC(S(=O)CNc3cccc4ccccc34)N2C1=O. The highest BCUT2D eigenvalue weighted by Crippen LogP contribution is 2.32. The van der Waals surface area contributed by atoms with E-state index in [4.69, 9.17) is 5.73 Å². The molecule has 0 spiro atoms. The summed E-state index contributed by atoms with van der Waals surface area (Å²) in [6.45, 7) is 3.17. The van der Waals surface area contributed by atoms with Gasteiger partial charge in [0, 0.05) is 38.5 Å². The fourth-order valence-corrected chi connectivity index (χ4v) is 6.67. The van der Waals surface area contributed by atoms with E-state index in [2.05, 4.69) is 10.6 Å². The smallest absolute Gasteiger partial charge is 0.258 e. The van der Waals surface area contributed by atoms with E-state index in [1.54, 1.807) is 4.90 Å². The minimum absolute atomic E-state index is 0.112. The summed E-state index contributed by atoms with van der Waals surface area (Å²) >= 11 is 0. The van der Waals surface area contributed by atoms with Gasteiger partial charge in [0.2, 0.25) is 17.7 Å². The third-order valence-electron chi connectivity index (χ3n) is 7.51. The minimum atomic E-state index is -1.50. The average Bonchev–Trinajstić information content (AvgIpc) is 3.35. The Balaban J connectivity index is 1.54. The van der Waals surface area contributed by atoms with E-state index in [0.29, 0.717) is 25.8 Å². The molecule has 2 aromatic carbocycles. The van der Waals surface area contributed by atoms with Gasteiger partial charge in [-0.05, 0) is 37.1 Å². The number of anilines is 1. The van der Waals surface area contributed by atoms with Crippen LogP contribution in [0.25, 0.3) is 10.8 Å². The quantitative estimate of drug-likeness (QED) is 0.434. The van der Waals surface area contributed by atoms with Crippen molar-refractivity contribution in [2.75, 3.05) is 24.8 Å². The second kappa shape index (κ2) is 12.1. The van der Waals surface area contributed by atoms with E-state index in [0.717, 1.165) is 21.4 Å². The third-order valence-corrected chi connectivity index (χ3v) is 9.01. The van der Waals surface area contributed by atoms with Crippen LogP contribution in [0.3, 0.4) is 0 Å². The molecule has 0 saturated carbocycles. The molecule has 2 saturated heterocycles. The topological polar surface area (TPSA) is 145 Å². The normalized spacial score (nSPS) is 22.9. The molecule has 0 aromatic heterocycles. The molecule has 11 nitrogen and oxygen atoms in total. The molecule has 0 radical (unpaired) electrons. The number of hydrogen-bond acceptors (Lipinski definition) is 7. The summed E-state index contributed by atoms with van der Waals surface area (Å²) in [6.07, 6.45) is -0.0785. The molecule has 12 heteroatoms. The van der Waals surface area contributed by atoms with E-state index in [1.165, 1.54) is 25.8 Å². The summed E-state index contributed by atoms with van der Waals surface area (Å²) in [7, 11) is -0.0910. The third kappa shape index (κ3) is 6.06. The van der Waals surface area contributed by atoms with Crippen LogP contribution in [0.15, 0.2) is 42.5 Å². The van der Waals surface area contributed by atoms with Gasteiger partial charge in [0.25, 0.3) is 5.91 Å². The first-order valence-electron chi connectivity index (χ1n) is 13.1. The van der Waals surface area contributed by atoms with Gasteiger partial charge in [-0.25, -0.2) is 0 Å². The number of amides is 4. The van der Waals surface area contributed by atoms with E-state index in [9.17, 15) is 23.4 Å². The summed E-state index contributed by atoms with van der Waals surface area (Å²) in [5, 5.41) is 7.39. The van der Waals surface area contributed by atoms with Crippen molar-refractivity contribution in [1.82, 2.24) is 20.0 Å². The first kappa shape index (κ1) is 28.5. The van der Waals surface area contributed by atoms with Gasteiger partial charge < -0.3 is 31.1 Å². The van der Waals surface area contributed by atoms with Gasteiger partial charge in [-0.2, -0.15) is 0 Å². The van der Waals surface area contributed by atoms with Crippen LogP contribution < -0.4 is 16.4 Å². The van der Waals surface area contributed by atoms with Crippen LogP contribution in [-0.2, 0) is 30.0 Å². The van der Waals surface area contributed by atoms with Crippen LogP contribution in [-0.4, -0.2) is 85.8 Å². The number of benzene rings is 2. The standard InChI is InChI=1S/C27H36N6O5S/c1-17(34)31(3)25(28)26(36)30-22-12-7-15-32(18(2)35)23-13-14-24(33(23)27(22)37)39(38)16-29-21-11-6-9-19-8-4-5-10-20(19)21/h4-6,8-11,22-25,29H,7,12-16,28H2,1-3H3,(H,30,36)/t22-,23+,24?,25+,39?/m0/s1. The minimum Gasteiger partial charge on any atom is -0.373 e. The van der Waals surface area contributed by atoms with E-state index >= 15 is 0 Å². The molecule has 2 heterocycles. The number of rotatable bonds is 7. The van der Waals surface area contributed by atoms with Crippen LogP contribution >= 0.6 is 0 Å². The number of hydrogen-bond donors (Lipinski definition) is 3. The zero-order valence-corrected chi connectivity index (χ0v) is 23.3. The lowest BCUT2D eigenvalue weighted by Crippen LogP contribution is -2.62. The van der Waals surface area contributed by atoms with Gasteiger partial charge in [0.1, 0.15) is 17.6 Å². The van der Waals surface area contributed by atoms with Crippen molar-refractivity contribution in [1.29, 1.82) is 0 Å². The molecule has 5 atom stereocenters. The maximum absolute atomic E-state index is 13.9. The Morgan fingerprint density at radius 2 is 1.82 bits per heavy atom. The second-order valence-electron chi connectivity index (χ2n) is 9.98. The number of fused-ring (bicyclic) bond motifs is 2. The Labute approximate surface area is 230 Å². The van der Waals surface area contributed by atoms with E-state index in [-0.39, 0.29) is 24.1 Å². The Morgan fingerprint density at radius 1 is 1.10 bits per heavy atom. The number of nitrogens with zero attached hydrogens (tertiary/aromatic N) is 3. The molecule has 2 unspecified atom stereocenters. The Bertz CT molecular complexity index is 1280. The Hall–Kier alpha value is -3.51. The lowest BCUT2D eigenvalue weighted by molar-refractivity contribution is -0.148. The highest BCUT2D eigenvalue weighted by atomic mass is 32.2. The fourth-order valence-electron chi connectivity index (χ4n) is 5.29. The fraction of sp³-hybridized carbons (Fsp3) is 0.481. The number of likely N-dealkylation sites (N-methyl/N-ethyl adjacent to an activating group) is 1. The van der Waals surface area contributed by atoms with E-state index < -0.39 is 46.4 Å². The van der Waals surface area contributed by atoms with Crippen molar-refractivity contribution in [2.24, 2.45) is 5.73 Å². The molecule has 2 fully saturated rings. The summed E-state index contributed by atoms with van der Waals surface area (Å²) < 4.78 is 13.6. The van der Waals surface area contributed by atoms with Crippen LogP contribution in [0.1, 0.15) is 39.5 Å². The molecule has 4 rings (SSSR count). The van der Waals surface area contributed by atoms with Gasteiger partial charge in [-0.1, -0.05) is 36.4 Å². The van der Waals surface area contributed by atoms with Crippen molar-refractivity contribution < 1.29 is 23.4 Å². The van der Waals surface area contributed by atoms with Crippen molar-refractivity contribution in [3.05, 3.63) is 42.5 Å². The summed E-state index contributed by atoms with van der Waals surface area (Å²) in [6, 6.07) is 12.8. The van der Waals surface area contributed by atoms with Gasteiger partial charge in [-0.3, -0.25) is 23.4 Å². The second-order valence-corrected chi connectivity index (χ2v) is 11.6. The molecule has 0 bridgehead atoms. The summed E-state index contributed by atoms with van der Waals surface area (Å²) in [4.78, 5) is 55.1. The first-order chi connectivity index (χ1) is 18.6. The molecule has 2 aliphatic heterocycles. The predicted octanol–water partition coefficient (Wildman–Crippen LogP) is 1.12. The molecule has 2 aromatic rings. The van der Waals surface area contributed by atoms with Crippen LogP contribution in [0.2, 0.25) is 0 Å². The molecule has 39 heavy (non-hydrogen) atoms. The van der Waals surface area contributed by atoms with Crippen LogP contribution in [0, 0.1) is 0 Å². The molecule has 210 valence electrons. The van der Waals surface area contributed by atoms with Crippen LogP contribution in [0.5, 0.6) is 0 Å². The number of nitrogens with two attached hydrogens (primary N) is 1. The molecular weight excluding hydrogens is 520 g/mol. The number of nitrogens with one attached hydrogen (secondary N) is 2. The van der Waals surface area contributed by atoms with E-state index in [1.807, 2.05) is 42.5 Å². The highest BCUT2D eigenvalue weighted by Gasteiger charge is 2.47. The monoisotopic (exact) mass is 556 g/mol. The Morgan fingerprint density at radius 3 is 2.54 bits per heavy atom. The van der Waals surface area contributed by atoms with Crippen molar-refractivity contribution in [2.45, 2.75) is 63.3 Å². The number of carbonyl (C=O) groups is 4. The molecule has 4 N–H and O–H groups in total. The Kier molecular flexibility index (Phi) is 8.86. The maximum atomic E-state index is 13.9. The van der Waals surface area contributed by atoms with Gasteiger partial charge in [-0.15, -0.1) is 0 Å². The lowest BCUT2D eigenvalue weighted by atomic mass is 10.1. The first-order valence-corrected chi connectivity index (χ1v) is 14.5. The van der Waals surface area contributed by atoms with Crippen molar-refractivity contribution >= 4 is 50.9 Å². The van der Waals surface area contributed by atoms with Crippen molar-refractivity contribution in [3.63, 3.8) is 0 Å². The summed E-state index contributed by atoms with van der Waals surface area (Å²) in [5.41, 5.74) is 6.77. The zero-order valence-electron chi connectivity index (χ0n) is 22.5. The zero-order chi connectivity index (χ0) is 28.3. The highest BCUT2D eigenvalue weighted by molar-refractivity contribution is 7.85. The molecule has 0 aliphatic carbocycles. The predicted molar refractivity (Wildman–Crippen MR) is 149 cm³/mol. The lowest BCUT2D eigenvalue weighted by Gasteiger charge is -2.41. The molecular formula is C27H36N6O5S.